The molecule has 0 aliphatic rings. The van der Waals surface area contributed by atoms with Gasteiger partial charge in [0.05, 0.1) is 5.56 Å². The molecule has 2 unspecified atom stereocenters. The van der Waals surface area contributed by atoms with Gasteiger partial charge in [-0.2, -0.15) is 5.26 Å². The standard InChI is InChI=1S/C22H23F3N4O3/c1-11(22(4,24)25)12(2)27-21(32)19(30)16-9-18(29(5)13(16)3)20(31)28-15-6-7-17(23)14(8-15)10-26/h6-9,11-12H,1-5H3,(H,27,32)(H,28,31). The van der Waals surface area contributed by atoms with Gasteiger partial charge in [-0.3, -0.25) is 14.4 Å². The lowest BCUT2D eigenvalue weighted by molar-refractivity contribution is -0.119. The lowest BCUT2D eigenvalue weighted by atomic mass is 9.97. The van der Waals surface area contributed by atoms with E-state index in [0.29, 0.717) is 5.69 Å². The fourth-order valence-corrected chi connectivity index (χ4v) is 2.99. The summed E-state index contributed by atoms with van der Waals surface area (Å²) in [4.78, 5) is 37.6. The summed E-state index contributed by atoms with van der Waals surface area (Å²) >= 11 is 0. The Balaban J connectivity index is 2.22. The van der Waals surface area contributed by atoms with Gasteiger partial charge in [0, 0.05) is 36.0 Å². The first kappa shape index (κ1) is 24.7. The SMILES string of the molecule is Cc1c(C(=O)C(=O)NC(C)C(C)C(C)(F)F)cc(C(=O)Nc2ccc(F)c(C#N)c2)n1C. The highest BCUT2D eigenvalue weighted by atomic mass is 19.3. The summed E-state index contributed by atoms with van der Waals surface area (Å²) in [6, 6.07) is 5.38. The molecule has 1 aromatic heterocycles. The minimum atomic E-state index is -3.05. The Morgan fingerprint density at radius 3 is 2.38 bits per heavy atom. The highest BCUT2D eigenvalue weighted by molar-refractivity contribution is 6.43. The third kappa shape index (κ3) is 5.17. The molecular weight excluding hydrogens is 425 g/mol. The van der Waals surface area contributed by atoms with Gasteiger partial charge in [0.2, 0.25) is 5.92 Å². The number of carbonyl (C=O) groups excluding carboxylic acids is 3. The molecule has 0 bridgehead atoms. The number of carbonyl (C=O) groups is 3. The molecule has 0 aliphatic carbocycles. The number of rotatable bonds is 7. The van der Waals surface area contributed by atoms with Crippen LogP contribution in [-0.4, -0.2) is 34.1 Å². The molecular formula is C22H23F3N4O3. The van der Waals surface area contributed by atoms with Crippen molar-refractivity contribution in [3.63, 3.8) is 0 Å². The Kier molecular flexibility index (Phi) is 7.13. The number of amides is 2. The molecule has 0 saturated carbocycles. The fraction of sp³-hybridized carbons (Fsp3) is 0.364. The van der Waals surface area contributed by atoms with Gasteiger partial charge in [-0.15, -0.1) is 0 Å². The van der Waals surface area contributed by atoms with E-state index in [1.54, 1.807) is 6.07 Å². The van der Waals surface area contributed by atoms with Crippen LogP contribution in [0.5, 0.6) is 0 Å². The minimum Gasteiger partial charge on any atom is -0.346 e. The van der Waals surface area contributed by atoms with Crippen LogP contribution in [0.2, 0.25) is 0 Å². The predicted octanol–water partition coefficient (Wildman–Crippen LogP) is 3.58. The van der Waals surface area contributed by atoms with Crippen molar-refractivity contribution in [3.05, 3.63) is 52.6 Å². The molecule has 2 rings (SSSR count). The van der Waals surface area contributed by atoms with Crippen molar-refractivity contribution in [3.8, 4) is 6.07 Å². The number of Topliss-reactive ketones (excluding diaryl/α,β-unsaturated/α-hetero) is 1. The molecule has 2 aromatic rings. The van der Waals surface area contributed by atoms with Crippen molar-refractivity contribution in [2.24, 2.45) is 13.0 Å². The number of hydrogen-bond donors (Lipinski definition) is 2. The zero-order valence-electron chi connectivity index (χ0n) is 18.2. The molecule has 2 N–H and O–H groups in total. The van der Waals surface area contributed by atoms with Gasteiger partial charge in [-0.05, 0) is 45.0 Å². The van der Waals surface area contributed by atoms with Crippen LogP contribution in [0.1, 0.15) is 52.9 Å². The summed E-state index contributed by atoms with van der Waals surface area (Å²) in [7, 11) is 1.51. The fourth-order valence-electron chi connectivity index (χ4n) is 2.99. The molecule has 170 valence electrons. The van der Waals surface area contributed by atoms with Gasteiger partial charge in [0.25, 0.3) is 17.6 Å². The smallest absolute Gasteiger partial charge is 0.292 e. The number of nitrogens with zero attached hydrogens (tertiary/aromatic N) is 2. The topological polar surface area (TPSA) is 104 Å². The Labute approximate surface area is 183 Å². The number of aromatic nitrogens is 1. The molecule has 2 amide bonds. The maximum Gasteiger partial charge on any atom is 0.292 e. The summed E-state index contributed by atoms with van der Waals surface area (Å²) < 4.78 is 41.8. The lowest BCUT2D eigenvalue weighted by Gasteiger charge is -2.26. The summed E-state index contributed by atoms with van der Waals surface area (Å²) in [6.45, 7) is 4.89. The Morgan fingerprint density at radius 1 is 1.19 bits per heavy atom. The van der Waals surface area contributed by atoms with E-state index in [1.165, 1.54) is 44.5 Å². The number of benzene rings is 1. The van der Waals surface area contributed by atoms with Gasteiger partial charge in [-0.25, -0.2) is 13.2 Å². The quantitative estimate of drug-likeness (QED) is 0.499. The average Bonchev–Trinajstić information content (AvgIpc) is 3.02. The van der Waals surface area contributed by atoms with Crippen LogP contribution < -0.4 is 10.6 Å². The number of ketones is 1. The number of hydrogen-bond acceptors (Lipinski definition) is 4. The second kappa shape index (κ2) is 9.26. The van der Waals surface area contributed by atoms with Gasteiger partial charge in [-0.1, -0.05) is 6.92 Å². The van der Waals surface area contributed by atoms with Crippen LogP contribution in [0.4, 0.5) is 18.9 Å². The monoisotopic (exact) mass is 448 g/mol. The number of anilines is 1. The predicted molar refractivity (Wildman–Crippen MR) is 111 cm³/mol. The second-order valence-corrected chi connectivity index (χ2v) is 7.68. The van der Waals surface area contributed by atoms with Gasteiger partial charge < -0.3 is 15.2 Å². The molecule has 2 atom stereocenters. The number of halogens is 3. The van der Waals surface area contributed by atoms with Crippen molar-refractivity contribution >= 4 is 23.3 Å². The van der Waals surface area contributed by atoms with Crippen LogP contribution in [0.15, 0.2) is 24.3 Å². The third-order valence-electron chi connectivity index (χ3n) is 5.47. The zero-order chi connectivity index (χ0) is 24.4. The first-order chi connectivity index (χ1) is 14.8. The van der Waals surface area contributed by atoms with E-state index >= 15 is 0 Å². The molecule has 1 heterocycles. The van der Waals surface area contributed by atoms with E-state index in [0.717, 1.165) is 19.1 Å². The first-order valence-corrected chi connectivity index (χ1v) is 9.68. The summed E-state index contributed by atoms with van der Waals surface area (Å²) in [6.07, 6.45) is 0. The molecule has 0 spiro atoms. The normalized spacial score (nSPS) is 13.1. The third-order valence-corrected chi connectivity index (χ3v) is 5.47. The number of nitriles is 1. The van der Waals surface area contributed by atoms with E-state index in [-0.39, 0.29) is 22.5 Å². The first-order valence-electron chi connectivity index (χ1n) is 9.68. The van der Waals surface area contributed by atoms with Gasteiger partial charge in [0.15, 0.2) is 0 Å². The van der Waals surface area contributed by atoms with Crippen LogP contribution in [-0.2, 0) is 11.8 Å². The van der Waals surface area contributed by atoms with Crippen LogP contribution in [0.25, 0.3) is 0 Å². The Hall–Kier alpha value is -3.61. The molecule has 0 aliphatic heterocycles. The second-order valence-electron chi connectivity index (χ2n) is 7.68. The van der Waals surface area contributed by atoms with E-state index in [1.807, 2.05) is 0 Å². The minimum absolute atomic E-state index is 0.0305. The van der Waals surface area contributed by atoms with Crippen molar-refractivity contribution in [1.29, 1.82) is 5.26 Å². The van der Waals surface area contributed by atoms with Crippen molar-refractivity contribution < 1.29 is 27.6 Å². The lowest BCUT2D eigenvalue weighted by Crippen LogP contribution is -2.45. The van der Waals surface area contributed by atoms with E-state index < -0.39 is 41.3 Å². The van der Waals surface area contributed by atoms with Crippen LogP contribution in [0.3, 0.4) is 0 Å². The molecule has 1 aromatic carbocycles. The molecule has 0 fully saturated rings. The van der Waals surface area contributed by atoms with Crippen molar-refractivity contribution in [2.45, 2.75) is 39.7 Å². The molecule has 32 heavy (non-hydrogen) atoms. The molecule has 7 nitrogen and oxygen atoms in total. The molecule has 0 radical (unpaired) electrons. The van der Waals surface area contributed by atoms with Crippen molar-refractivity contribution in [2.75, 3.05) is 5.32 Å². The Bertz CT molecular complexity index is 1110. The van der Waals surface area contributed by atoms with Crippen LogP contribution >= 0.6 is 0 Å². The zero-order valence-corrected chi connectivity index (χ0v) is 18.2. The number of nitrogens with one attached hydrogen (secondary N) is 2. The maximum absolute atomic E-state index is 13.5. The number of alkyl halides is 2. The average molecular weight is 448 g/mol. The van der Waals surface area contributed by atoms with Crippen LogP contribution in [0, 0.1) is 30.0 Å². The summed E-state index contributed by atoms with van der Waals surface area (Å²) in [5.41, 5.74) is 0.201. The molecule has 0 saturated heterocycles. The van der Waals surface area contributed by atoms with Crippen molar-refractivity contribution in [1.82, 2.24) is 9.88 Å². The van der Waals surface area contributed by atoms with E-state index in [4.69, 9.17) is 5.26 Å². The van der Waals surface area contributed by atoms with E-state index in [2.05, 4.69) is 10.6 Å². The highest BCUT2D eigenvalue weighted by Crippen LogP contribution is 2.26. The highest BCUT2D eigenvalue weighted by Gasteiger charge is 2.36. The summed E-state index contributed by atoms with van der Waals surface area (Å²) in [5, 5.41) is 13.7. The molecule has 10 heteroatoms. The summed E-state index contributed by atoms with van der Waals surface area (Å²) in [5.74, 6) is -7.67. The van der Waals surface area contributed by atoms with Gasteiger partial charge in [0.1, 0.15) is 17.6 Å². The van der Waals surface area contributed by atoms with Gasteiger partial charge >= 0.3 is 0 Å². The van der Waals surface area contributed by atoms with E-state index in [9.17, 15) is 27.6 Å². The largest absolute Gasteiger partial charge is 0.346 e. The Morgan fingerprint density at radius 2 is 1.81 bits per heavy atom. The maximum atomic E-state index is 13.5.